The van der Waals surface area contributed by atoms with Crippen molar-refractivity contribution >= 4 is 5.69 Å². The highest BCUT2D eigenvalue weighted by Gasteiger charge is 2.32. The van der Waals surface area contributed by atoms with E-state index in [9.17, 15) is 10.1 Å². The molecule has 1 unspecified atom stereocenters. The maximum atomic E-state index is 11.4. The van der Waals surface area contributed by atoms with Gasteiger partial charge in [0.1, 0.15) is 5.75 Å². The Kier molecular flexibility index (Phi) is 3.84. The van der Waals surface area contributed by atoms with Crippen LogP contribution in [0.2, 0.25) is 0 Å². The average Bonchev–Trinajstić information content (AvgIpc) is 2.90. The monoisotopic (exact) mass is 311 g/mol. The largest absolute Gasteiger partial charge is 0.492 e. The van der Waals surface area contributed by atoms with Crippen molar-refractivity contribution in [3.63, 3.8) is 0 Å². The molecular weight excluding hydrogens is 290 g/mol. The van der Waals surface area contributed by atoms with Crippen molar-refractivity contribution in [1.29, 1.82) is 0 Å². The smallest absolute Gasteiger partial charge is 0.275 e. The molecule has 1 heterocycles. The second-order valence-electron chi connectivity index (χ2n) is 6.52. The lowest BCUT2D eigenvalue weighted by Crippen LogP contribution is -2.05. The molecule has 120 valence electrons. The van der Waals surface area contributed by atoms with Crippen LogP contribution in [0.5, 0.6) is 5.75 Å². The van der Waals surface area contributed by atoms with Crippen LogP contribution in [-0.4, -0.2) is 11.5 Å². The maximum Gasteiger partial charge on any atom is 0.275 e. The summed E-state index contributed by atoms with van der Waals surface area (Å²) in [5.41, 5.74) is 4.98. The molecule has 1 aliphatic heterocycles. The minimum Gasteiger partial charge on any atom is -0.492 e. The number of nitrogens with zero attached hydrogens (tertiary/aromatic N) is 1. The van der Waals surface area contributed by atoms with Gasteiger partial charge >= 0.3 is 0 Å². The second-order valence-corrected chi connectivity index (χ2v) is 6.52. The Morgan fingerprint density at radius 2 is 1.87 bits per heavy atom. The van der Waals surface area contributed by atoms with E-state index in [1.807, 2.05) is 6.92 Å². The number of nitro benzene ring substituents is 1. The molecule has 3 rings (SSSR count). The van der Waals surface area contributed by atoms with Gasteiger partial charge in [-0.05, 0) is 37.0 Å². The van der Waals surface area contributed by atoms with E-state index in [-0.39, 0.29) is 16.5 Å². The summed E-state index contributed by atoms with van der Waals surface area (Å²) in [4.78, 5) is 11.1. The Labute approximate surface area is 136 Å². The lowest BCUT2D eigenvalue weighted by atomic mass is 9.87. The molecule has 0 N–H and O–H groups in total. The van der Waals surface area contributed by atoms with Crippen molar-refractivity contribution in [3.8, 4) is 5.75 Å². The number of nitro groups is 1. The zero-order valence-electron chi connectivity index (χ0n) is 13.9. The van der Waals surface area contributed by atoms with Gasteiger partial charge in [0.15, 0.2) is 0 Å². The highest BCUT2D eigenvalue weighted by Crippen LogP contribution is 2.44. The molecule has 0 aromatic heterocycles. The van der Waals surface area contributed by atoms with Crippen LogP contribution in [0.3, 0.4) is 0 Å². The van der Waals surface area contributed by atoms with Gasteiger partial charge in [0.25, 0.3) is 5.69 Å². The van der Waals surface area contributed by atoms with Crippen LogP contribution in [-0.2, 0) is 0 Å². The van der Waals surface area contributed by atoms with E-state index in [0.29, 0.717) is 18.1 Å². The van der Waals surface area contributed by atoms with Crippen molar-refractivity contribution < 1.29 is 9.66 Å². The molecule has 0 fully saturated rings. The predicted octanol–water partition coefficient (Wildman–Crippen LogP) is 4.86. The summed E-state index contributed by atoms with van der Waals surface area (Å²) >= 11 is 0. The van der Waals surface area contributed by atoms with Crippen molar-refractivity contribution in [2.45, 2.75) is 39.5 Å². The first-order chi connectivity index (χ1) is 10.9. The van der Waals surface area contributed by atoms with Gasteiger partial charge in [-0.3, -0.25) is 10.1 Å². The van der Waals surface area contributed by atoms with E-state index in [0.717, 1.165) is 22.4 Å². The van der Waals surface area contributed by atoms with Crippen LogP contribution in [0.4, 0.5) is 5.69 Å². The molecule has 0 radical (unpaired) electrons. The lowest BCUT2D eigenvalue weighted by molar-refractivity contribution is -0.386. The maximum absolute atomic E-state index is 11.4. The summed E-state index contributed by atoms with van der Waals surface area (Å²) in [6.45, 7) is 8.46. The molecule has 0 aliphatic carbocycles. The van der Waals surface area contributed by atoms with E-state index in [4.69, 9.17) is 4.74 Å². The van der Waals surface area contributed by atoms with Gasteiger partial charge in [0.05, 0.1) is 11.5 Å². The molecule has 2 aromatic carbocycles. The molecule has 4 heteroatoms. The highest BCUT2D eigenvalue weighted by molar-refractivity contribution is 5.61. The highest BCUT2D eigenvalue weighted by atomic mass is 16.6. The van der Waals surface area contributed by atoms with E-state index >= 15 is 0 Å². The summed E-state index contributed by atoms with van der Waals surface area (Å²) in [6, 6.07) is 10.3. The summed E-state index contributed by atoms with van der Waals surface area (Å²) in [7, 11) is 0. The van der Waals surface area contributed by atoms with Gasteiger partial charge in [-0.25, -0.2) is 0 Å². The van der Waals surface area contributed by atoms with Gasteiger partial charge in [-0.15, -0.1) is 0 Å². The van der Waals surface area contributed by atoms with E-state index in [2.05, 4.69) is 38.1 Å². The van der Waals surface area contributed by atoms with Crippen LogP contribution in [0.15, 0.2) is 30.3 Å². The molecule has 0 spiro atoms. The Morgan fingerprint density at radius 3 is 2.43 bits per heavy atom. The third kappa shape index (κ3) is 2.58. The first-order valence-corrected chi connectivity index (χ1v) is 7.91. The Hall–Kier alpha value is -2.36. The molecule has 1 aliphatic rings. The number of fused-ring (bicyclic) bond motifs is 1. The molecule has 1 atom stereocenters. The van der Waals surface area contributed by atoms with Crippen molar-refractivity contribution in [1.82, 2.24) is 0 Å². The minimum absolute atomic E-state index is 0.0607. The fourth-order valence-electron chi connectivity index (χ4n) is 3.42. The van der Waals surface area contributed by atoms with Crippen LogP contribution >= 0.6 is 0 Å². The van der Waals surface area contributed by atoms with Crippen LogP contribution in [0, 0.1) is 24.0 Å². The van der Waals surface area contributed by atoms with Gasteiger partial charge in [0.2, 0.25) is 0 Å². The zero-order chi connectivity index (χ0) is 16.7. The zero-order valence-corrected chi connectivity index (χ0v) is 13.9. The van der Waals surface area contributed by atoms with Crippen LogP contribution < -0.4 is 4.74 Å². The number of rotatable bonds is 3. The molecule has 0 saturated heterocycles. The van der Waals surface area contributed by atoms with Crippen LogP contribution in [0.25, 0.3) is 0 Å². The first-order valence-electron chi connectivity index (χ1n) is 7.91. The first kappa shape index (κ1) is 15.5. The molecular formula is C19H21NO3. The van der Waals surface area contributed by atoms with Gasteiger partial charge in [-0.1, -0.05) is 38.1 Å². The van der Waals surface area contributed by atoms with Crippen LogP contribution in [0.1, 0.15) is 53.5 Å². The Bertz CT molecular complexity index is 763. The van der Waals surface area contributed by atoms with Crippen molar-refractivity contribution in [3.05, 3.63) is 68.3 Å². The Balaban J connectivity index is 2.07. The predicted molar refractivity (Wildman–Crippen MR) is 90.4 cm³/mol. The third-order valence-corrected chi connectivity index (χ3v) is 4.69. The van der Waals surface area contributed by atoms with Gasteiger partial charge < -0.3 is 4.74 Å². The third-order valence-electron chi connectivity index (χ3n) is 4.69. The molecule has 0 bridgehead atoms. The summed E-state index contributed by atoms with van der Waals surface area (Å²) < 4.78 is 5.82. The second kappa shape index (κ2) is 5.69. The SMILES string of the molecule is Cc1cc2c(c(C)c1[N+](=O)[O-])C(c1ccc(C(C)C)cc1)CO2. The molecule has 23 heavy (non-hydrogen) atoms. The summed E-state index contributed by atoms with van der Waals surface area (Å²) in [5, 5.41) is 11.4. The molecule has 2 aromatic rings. The van der Waals surface area contributed by atoms with Gasteiger partial charge in [0, 0.05) is 22.6 Å². The number of benzene rings is 2. The molecule has 4 nitrogen and oxygen atoms in total. The van der Waals surface area contributed by atoms with E-state index in [1.54, 1.807) is 13.0 Å². The number of aryl methyl sites for hydroxylation is 1. The van der Waals surface area contributed by atoms with E-state index in [1.165, 1.54) is 5.56 Å². The Morgan fingerprint density at radius 1 is 1.22 bits per heavy atom. The summed E-state index contributed by atoms with van der Waals surface area (Å²) in [6.07, 6.45) is 0. The van der Waals surface area contributed by atoms with Crippen molar-refractivity contribution in [2.75, 3.05) is 6.61 Å². The van der Waals surface area contributed by atoms with Crippen molar-refractivity contribution in [2.24, 2.45) is 0 Å². The lowest BCUT2D eigenvalue weighted by Gasteiger charge is -2.14. The molecule has 0 saturated carbocycles. The minimum atomic E-state index is -0.289. The quantitative estimate of drug-likeness (QED) is 0.601. The normalized spacial score (nSPS) is 16.3. The number of ether oxygens (including phenoxy) is 1. The fourth-order valence-corrected chi connectivity index (χ4v) is 3.42. The van der Waals surface area contributed by atoms with Gasteiger partial charge in [-0.2, -0.15) is 0 Å². The number of hydrogen-bond acceptors (Lipinski definition) is 3. The average molecular weight is 311 g/mol. The molecule has 0 amide bonds. The fraction of sp³-hybridized carbons (Fsp3) is 0.368. The topological polar surface area (TPSA) is 52.4 Å². The van der Waals surface area contributed by atoms with E-state index < -0.39 is 0 Å². The standard InChI is InChI=1S/C19H21NO3/c1-11(2)14-5-7-15(8-6-14)16-10-23-17-9-12(3)19(20(21)22)13(4)18(16)17/h5-9,11,16H,10H2,1-4H3. The summed E-state index contributed by atoms with van der Waals surface area (Å²) in [5.74, 6) is 1.33. The number of hydrogen-bond donors (Lipinski definition) is 0.